The molecule has 0 N–H and O–H groups in total. The molecule has 1 aromatic rings. The van der Waals surface area contributed by atoms with Crippen LogP contribution in [0.25, 0.3) is 0 Å². The van der Waals surface area contributed by atoms with Crippen LogP contribution in [0.5, 0.6) is 0 Å². The number of benzene rings is 1. The summed E-state index contributed by atoms with van der Waals surface area (Å²) in [6.07, 6.45) is -0.635. The zero-order chi connectivity index (χ0) is 14.8. The van der Waals surface area contributed by atoms with Crippen LogP contribution in [-0.2, 0) is 24.3 Å². The second-order valence-corrected chi connectivity index (χ2v) is 3.82. The van der Waals surface area contributed by atoms with Crippen LogP contribution in [-0.4, -0.2) is 31.9 Å². The minimum atomic E-state index is -1.10. The predicted molar refractivity (Wildman–Crippen MR) is 66.5 cm³/mol. The molecule has 0 bridgehead atoms. The Labute approximate surface area is 116 Å². The average Bonchev–Trinajstić information content (AvgIpc) is 2.47. The van der Waals surface area contributed by atoms with Crippen molar-refractivity contribution in [2.45, 2.75) is 19.4 Å². The second kappa shape index (κ2) is 8.89. The maximum Gasteiger partial charge on any atom is 0.543 e. The Morgan fingerprint density at radius 2 is 1.85 bits per heavy atom. The molecule has 110 valence electrons. The summed E-state index contributed by atoms with van der Waals surface area (Å²) in [5.74, 6) is -0.786. The Morgan fingerprint density at radius 3 is 2.50 bits per heavy atom. The quantitative estimate of drug-likeness (QED) is 0.431. The van der Waals surface area contributed by atoms with Crippen molar-refractivity contribution in [1.82, 2.24) is 0 Å². The van der Waals surface area contributed by atoms with Gasteiger partial charge >= 0.3 is 12.1 Å². The molecule has 0 aliphatic heterocycles. The summed E-state index contributed by atoms with van der Waals surface area (Å²) >= 11 is 0. The molecule has 0 aliphatic rings. The van der Waals surface area contributed by atoms with Crippen LogP contribution in [0.2, 0.25) is 0 Å². The lowest BCUT2D eigenvalue weighted by molar-refractivity contribution is -0.452. The summed E-state index contributed by atoms with van der Waals surface area (Å²) in [6, 6.07) is 8.10. The van der Waals surface area contributed by atoms with Crippen LogP contribution in [0.1, 0.15) is 23.7 Å². The van der Waals surface area contributed by atoms with Crippen molar-refractivity contribution in [1.29, 1.82) is 0 Å². The first-order valence-electron chi connectivity index (χ1n) is 5.93. The van der Waals surface area contributed by atoms with Gasteiger partial charge in [-0.25, -0.2) is 14.5 Å². The van der Waals surface area contributed by atoms with Gasteiger partial charge in [-0.05, 0) is 19.1 Å². The summed E-state index contributed by atoms with van der Waals surface area (Å²) in [6.45, 7) is 1.93. The molecule has 0 fully saturated rings. The van der Waals surface area contributed by atoms with Crippen molar-refractivity contribution in [2.24, 2.45) is 0 Å². The van der Waals surface area contributed by atoms with Gasteiger partial charge in [-0.15, -0.1) is 0 Å². The lowest BCUT2D eigenvalue weighted by Gasteiger charge is -2.08. The number of rotatable bonds is 7. The number of ether oxygens (including phenoxy) is 2. The van der Waals surface area contributed by atoms with Crippen molar-refractivity contribution < 1.29 is 33.9 Å². The van der Waals surface area contributed by atoms with Crippen LogP contribution >= 0.6 is 0 Å². The molecular weight excluding hydrogens is 268 g/mol. The van der Waals surface area contributed by atoms with E-state index >= 15 is 0 Å². The van der Waals surface area contributed by atoms with Crippen LogP contribution in [0.15, 0.2) is 30.3 Å². The molecule has 0 saturated heterocycles. The summed E-state index contributed by atoms with van der Waals surface area (Å²) in [7, 11) is 1.55. The molecule has 0 aromatic heterocycles. The zero-order valence-corrected chi connectivity index (χ0v) is 11.2. The summed E-state index contributed by atoms with van der Waals surface area (Å²) in [5, 5.41) is 4.04. The molecule has 1 aromatic carbocycles. The van der Waals surface area contributed by atoms with Crippen LogP contribution in [0, 0.1) is 0 Å². The summed E-state index contributed by atoms with van der Waals surface area (Å²) in [5.41, 5.74) is 0.262. The first kappa shape index (κ1) is 15.9. The highest BCUT2D eigenvalue weighted by atomic mass is 17.5. The van der Waals surface area contributed by atoms with Crippen molar-refractivity contribution in [2.75, 3.05) is 13.7 Å². The summed E-state index contributed by atoms with van der Waals surface area (Å²) in [4.78, 5) is 30.8. The van der Waals surface area contributed by atoms with Gasteiger partial charge in [-0.2, -0.15) is 0 Å². The normalized spacial score (nSPS) is 11.5. The number of hydrogen-bond acceptors (Lipinski definition) is 7. The van der Waals surface area contributed by atoms with Crippen molar-refractivity contribution >= 4 is 12.1 Å². The van der Waals surface area contributed by atoms with Crippen LogP contribution in [0.3, 0.4) is 0 Å². The number of carbonyl (C=O) groups is 2. The van der Waals surface area contributed by atoms with Gasteiger partial charge in [-0.3, -0.25) is 4.89 Å². The van der Waals surface area contributed by atoms with E-state index in [1.54, 1.807) is 25.3 Å². The molecule has 1 rings (SSSR count). The fourth-order valence-corrected chi connectivity index (χ4v) is 1.15. The van der Waals surface area contributed by atoms with E-state index in [4.69, 9.17) is 4.74 Å². The first-order chi connectivity index (χ1) is 9.63. The number of methoxy groups -OCH3 is 1. The van der Waals surface area contributed by atoms with Gasteiger partial charge in [0.2, 0.25) is 0 Å². The average molecular weight is 284 g/mol. The van der Waals surface area contributed by atoms with E-state index in [0.29, 0.717) is 6.42 Å². The highest BCUT2D eigenvalue weighted by Crippen LogP contribution is 2.02. The number of carbonyl (C=O) groups excluding carboxylic acids is 2. The fraction of sp³-hybridized carbons (Fsp3) is 0.385. The Morgan fingerprint density at radius 1 is 1.15 bits per heavy atom. The maximum atomic E-state index is 11.4. The molecular formula is C13H16O7. The molecule has 7 heteroatoms. The fourth-order valence-electron chi connectivity index (χ4n) is 1.15. The van der Waals surface area contributed by atoms with Gasteiger partial charge in [0.25, 0.3) is 0 Å². The van der Waals surface area contributed by atoms with Gasteiger partial charge in [0.15, 0.2) is 0 Å². The Balaban J connectivity index is 2.14. The van der Waals surface area contributed by atoms with E-state index in [-0.39, 0.29) is 18.3 Å². The topological polar surface area (TPSA) is 80.3 Å². The Hall–Kier alpha value is -2.12. The molecule has 0 saturated carbocycles. The third-order valence-corrected chi connectivity index (χ3v) is 2.37. The minimum Gasteiger partial charge on any atom is -0.432 e. The van der Waals surface area contributed by atoms with E-state index in [1.807, 2.05) is 6.92 Å². The Bertz CT molecular complexity index is 418. The molecule has 0 heterocycles. The highest BCUT2D eigenvalue weighted by molar-refractivity contribution is 5.88. The Kier molecular flexibility index (Phi) is 7.08. The first-order valence-corrected chi connectivity index (χ1v) is 5.93. The van der Waals surface area contributed by atoms with E-state index in [0.717, 1.165) is 0 Å². The molecule has 0 radical (unpaired) electrons. The molecule has 1 unspecified atom stereocenters. The lowest BCUT2D eigenvalue weighted by atomic mass is 10.2. The van der Waals surface area contributed by atoms with Gasteiger partial charge in [0.05, 0.1) is 23.3 Å². The van der Waals surface area contributed by atoms with Crippen LogP contribution < -0.4 is 0 Å². The van der Waals surface area contributed by atoms with Gasteiger partial charge in [-0.1, -0.05) is 18.2 Å². The van der Waals surface area contributed by atoms with Gasteiger partial charge in [0.1, 0.15) is 0 Å². The molecule has 20 heavy (non-hydrogen) atoms. The largest absolute Gasteiger partial charge is 0.543 e. The third-order valence-electron chi connectivity index (χ3n) is 2.37. The zero-order valence-electron chi connectivity index (χ0n) is 11.2. The van der Waals surface area contributed by atoms with Gasteiger partial charge in [0, 0.05) is 13.5 Å². The molecule has 0 spiro atoms. The predicted octanol–water partition coefficient (Wildman–Crippen LogP) is 2.27. The molecule has 1 atom stereocenters. The minimum absolute atomic E-state index is 0.0420. The van der Waals surface area contributed by atoms with E-state index in [2.05, 4.69) is 19.6 Å². The van der Waals surface area contributed by atoms with Crippen molar-refractivity contribution in [3.8, 4) is 0 Å². The third kappa shape index (κ3) is 6.17. The smallest absolute Gasteiger partial charge is 0.432 e. The highest BCUT2D eigenvalue weighted by Gasteiger charge is 2.11. The van der Waals surface area contributed by atoms with E-state index in [9.17, 15) is 9.59 Å². The SMILES string of the molecule is COC(C)CCOC(=O)OOOC(=O)c1ccccc1. The lowest BCUT2D eigenvalue weighted by Crippen LogP contribution is -2.15. The van der Waals surface area contributed by atoms with Crippen molar-refractivity contribution in [3.05, 3.63) is 35.9 Å². The number of hydrogen-bond donors (Lipinski definition) is 0. The van der Waals surface area contributed by atoms with Crippen LogP contribution in [0.4, 0.5) is 4.79 Å². The molecule has 7 nitrogen and oxygen atoms in total. The second-order valence-electron chi connectivity index (χ2n) is 3.82. The molecule has 0 aliphatic carbocycles. The van der Waals surface area contributed by atoms with Gasteiger partial charge < -0.3 is 9.47 Å². The monoisotopic (exact) mass is 284 g/mol. The van der Waals surface area contributed by atoms with E-state index < -0.39 is 12.1 Å². The van der Waals surface area contributed by atoms with Crippen molar-refractivity contribution in [3.63, 3.8) is 0 Å². The standard InChI is InChI=1S/C13H16O7/c1-10(16-2)8-9-17-13(15)19-20-18-12(14)11-6-4-3-5-7-11/h3-7,10H,8-9H2,1-2H3. The summed E-state index contributed by atoms with van der Waals surface area (Å²) < 4.78 is 9.61. The molecule has 0 amide bonds. The maximum absolute atomic E-state index is 11.4. The van der Waals surface area contributed by atoms with E-state index in [1.165, 1.54) is 12.1 Å².